The van der Waals surface area contributed by atoms with E-state index in [1.165, 1.54) is 0 Å². The number of anilines is 1. The molecule has 5 heteroatoms. The van der Waals surface area contributed by atoms with Gasteiger partial charge in [0.2, 0.25) is 0 Å². The van der Waals surface area contributed by atoms with Crippen LogP contribution in [0.2, 0.25) is 0 Å². The average molecular weight is 277 g/mol. The Morgan fingerprint density at radius 1 is 1.50 bits per heavy atom. The van der Waals surface area contributed by atoms with Gasteiger partial charge in [0, 0.05) is 12.6 Å². The Bertz CT molecular complexity index is 450. The van der Waals surface area contributed by atoms with Crippen molar-refractivity contribution in [3.8, 4) is 5.75 Å². The molecule has 20 heavy (non-hydrogen) atoms. The fourth-order valence-electron chi connectivity index (χ4n) is 2.69. The first-order valence-corrected chi connectivity index (χ1v) is 7.17. The van der Waals surface area contributed by atoms with E-state index in [4.69, 9.17) is 10.5 Å². The van der Waals surface area contributed by atoms with Crippen molar-refractivity contribution in [1.29, 1.82) is 0 Å². The fraction of sp³-hybridized carbons (Fsp3) is 0.533. The predicted molar refractivity (Wildman–Crippen MR) is 80.0 cm³/mol. The number of urea groups is 1. The zero-order chi connectivity index (χ0) is 14.4. The van der Waals surface area contributed by atoms with Crippen molar-refractivity contribution < 1.29 is 9.53 Å². The fourth-order valence-corrected chi connectivity index (χ4v) is 2.69. The maximum absolute atomic E-state index is 12.4. The second-order valence-electron chi connectivity index (χ2n) is 5.05. The summed E-state index contributed by atoms with van der Waals surface area (Å²) < 4.78 is 5.25. The zero-order valence-corrected chi connectivity index (χ0v) is 12.0. The maximum Gasteiger partial charge on any atom is 0.322 e. The summed E-state index contributed by atoms with van der Waals surface area (Å²) >= 11 is 0. The molecule has 1 aliphatic heterocycles. The van der Waals surface area contributed by atoms with Gasteiger partial charge in [0.1, 0.15) is 5.75 Å². The normalized spacial score (nSPS) is 18.1. The summed E-state index contributed by atoms with van der Waals surface area (Å²) in [6.07, 6.45) is 4.08. The van der Waals surface area contributed by atoms with Crippen LogP contribution in [0.1, 0.15) is 25.7 Å². The number of carbonyl (C=O) groups excluding carboxylic acids is 1. The van der Waals surface area contributed by atoms with Gasteiger partial charge in [-0.05, 0) is 44.4 Å². The van der Waals surface area contributed by atoms with E-state index in [2.05, 4.69) is 5.32 Å². The van der Waals surface area contributed by atoms with Gasteiger partial charge < -0.3 is 20.7 Å². The highest BCUT2D eigenvalue weighted by Crippen LogP contribution is 2.26. The topological polar surface area (TPSA) is 67.6 Å². The number of nitrogens with two attached hydrogens (primary N) is 1. The van der Waals surface area contributed by atoms with Gasteiger partial charge in [0.25, 0.3) is 0 Å². The molecular weight excluding hydrogens is 254 g/mol. The number of hydrogen-bond donors (Lipinski definition) is 2. The SMILES string of the molecule is COc1ccccc1NC(=O)N1CCCC1CCCN. The molecule has 1 aromatic carbocycles. The van der Waals surface area contributed by atoms with E-state index in [1.807, 2.05) is 29.2 Å². The first kappa shape index (κ1) is 14.7. The van der Waals surface area contributed by atoms with Crippen molar-refractivity contribution in [2.24, 2.45) is 5.73 Å². The van der Waals surface area contributed by atoms with E-state index >= 15 is 0 Å². The Morgan fingerprint density at radius 2 is 2.30 bits per heavy atom. The van der Waals surface area contributed by atoms with Crippen LogP contribution in [0.3, 0.4) is 0 Å². The number of rotatable bonds is 5. The van der Waals surface area contributed by atoms with Crippen molar-refractivity contribution in [3.05, 3.63) is 24.3 Å². The molecule has 0 saturated carbocycles. The number of methoxy groups -OCH3 is 1. The third kappa shape index (κ3) is 3.42. The highest BCUT2D eigenvalue weighted by molar-refractivity contribution is 5.91. The van der Waals surface area contributed by atoms with Crippen LogP contribution in [0.25, 0.3) is 0 Å². The number of hydrogen-bond acceptors (Lipinski definition) is 3. The van der Waals surface area contributed by atoms with Crippen molar-refractivity contribution in [1.82, 2.24) is 4.90 Å². The molecule has 0 radical (unpaired) electrons. The van der Waals surface area contributed by atoms with Crippen molar-refractivity contribution >= 4 is 11.7 Å². The Balaban J connectivity index is 2.00. The van der Waals surface area contributed by atoms with E-state index in [0.717, 1.165) is 32.2 Å². The molecule has 1 atom stereocenters. The van der Waals surface area contributed by atoms with Crippen LogP contribution in [-0.4, -0.2) is 37.2 Å². The minimum atomic E-state index is -0.0472. The molecule has 0 bridgehead atoms. The Labute approximate surface area is 120 Å². The lowest BCUT2D eigenvalue weighted by atomic mass is 10.1. The predicted octanol–water partition coefficient (Wildman–Crippen LogP) is 2.43. The molecule has 1 unspecified atom stereocenters. The summed E-state index contributed by atoms with van der Waals surface area (Å²) in [5.41, 5.74) is 6.27. The number of nitrogens with one attached hydrogen (secondary N) is 1. The highest BCUT2D eigenvalue weighted by atomic mass is 16.5. The number of likely N-dealkylation sites (tertiary alicyclic amines) is 1. The molecule has 5 nitrogen and oxygen atoms in total. The number of amides is 2. The standard InChI is InChI=1S/C15H23N3O2/c1-20-14-9-3-2-8-13(14)17-15(19)18-11-5-7-12(18)6-4-10-16/h2-3,8-9,12H,4-7,10-11,16H2,1H3,(H,17,19). The summed E-state index contributed by atoms with van der Waals surface area (Å²) in [4.78, 5) is 14.3. The van der Waals surface area contributed by atoms with Crippen LogP contribution in [0.15, 0.2) is 24.3 Å². The van der Waals surface area contributed by atoms with Crippen LogP contribution in [0.5, 0.6) is 5.75 Å². The van der Waals surface area contributed by atoms with Gasteiger partial charge in [-0.15, -0.1) is 0 Å². The summed E-state index contributed by atoms with van der Waals surface area (Å²) in [7, 11) is 1.60. The minimum Gasteiger partial charge on any atom is -0.495 e. The minimum absolute atomic E-state index is 0.0472. The highest BCUT2D eigenvalue weighted by Gasteiger charge is 2.28. The van der Waals surface area contributed by atoms with Crippen LogP contribution >= 0.6 is 0 Å². The van der Waals surface area contributed by atoms with Gasteiger partial charge in [-0.3, -0.25) is 0 Å². The first-order chi connectivity index (χ1) is 9.76. The molecule has 1 heterocycles. The number of carbonyl (C=O) groups is 1. The summed E-state index contributed by atoms with van der Waals surface area (Å²) in [5.74, 6) is 0.679. The average Bonchev–Trinajstić information content (AvgIpc) is 2.94. The molecule has 1 aliphatic rings. The molecular formula is C15H23N3O2. The molecule has 2 amide bonds. The number of nitrogens with zero attached hydrogens (tertiary/aromatic N) is 1. The maximum atomic E-state index is 12.4. The quantitative estimate of drug-likeness (QED) is 0.868. The Hall–Kier alpha value is -1.75. The molecule has 0 aromatic heterocycles. The van der Waals surface area contributed by atoms with Crippen LogP contribution in [0, 0.1) is 0 Å². The monoisotopic (exact) mass is 277 g/mol. The third-order valence-electron chi connectivity index (χ3n) is 3.73. The molecule has 2 rings (SSSR count). The second-order valence-corrected chi connectivity index (χ2v) is 5.05. The molecule has 1 saturated heterocycles. The van der Waals surface area contributed by atoms with E-state index in [1.54, 1.807) is 7.11 Å². The van der Waals surface area contributed by atoms with Gasteiger partial charge in [0.15, 0.2) is 0 Å². The molecule has 0 spiro atoms. The van der Waals surface area contributed by atoms with Gasteiger partial charge in [-0.1, -0.05) is 12.1 Å². The van der Waals surface area contributed by atoms with Gasteiger partial charge in [-0.2, -0.15) is 0 Å². The summed E-state index contributed by atoms with van der Waals surface area (Å²) in [6.45, 7) is 1.49. The van der Waals surface area contributed by atoms with Crippen LogP contribution in [-0.2, 0) is 0 Å². The Kier molecular flexibility index (Phi) is 5.24. The van der Waals surface area contributed by atoms with Crippen molar-refractivity contribution in [2.45, 2.75) is 31.7 Å². The number of benzene rings is 1. The van der Waals surface area contributed by atoms with Crippen molar-refractivity contribution in [3.63, 3.8) is 0 Å². The zero-order valence-electron chi connectivity index (χ0n) is 12.0. The molecule has 1 aromatic rings. The van der Waals surface area contributed by atoms with E-state index in [0.29, 0.717) is 24.0 Å². The largest absolute Gasteiger partial charge is 0.495 e. The van der Waals surface area contributed by atoms with E-state index in [9.17, 15) is 4.79 Å². The molecule has 3 N–H and O–H groups in total. The van der Waals surface area contributed by atoms with Crippen molar-refractivity contribution in [2.75, 3.05) is 25.5 Å². The van der Waals surface area contributed by atoms with Crippen LogP contribution in [0.4, 0.5) is 10.5 Å². The van der Waals surface area contributed by atoms with Crippen LogP contribution < -0.4 is 15.8 Å². The van der Waals surface area contributed by atoms with Gasteiger partial charge in [-0.25, -0.2) is 4.79 Å². The van der Waals surface area contributed by atoms with Gasteiger partial charge in [0.05, 0.1) is 12.8 Å². The lowest BCUT2D eigenvalue weighted by Gasteiger charge is -2.25. The summed E-state index contributed by atoms with van der Waals surface area (Å²) in [5, 5.41) is 2.94. The van der Waals surface area contributed by atoms with E-state index < -0.39 is 0 Å². The first-order valence-electron chi connectivity index (χ1n) is 7.17. The number of para-hydroxylation sites is 2. The van der Waals surface area contributed by atoms with Gasteiger partial charge >= 0.3 is 6.03 Å². The second kappa shape index (κ2) is 7.14. The summed E-state index contributed by atoms with van der Waals surface area (Å²) in [6, 6.07) is 7.72. The molecule has 0 aliphatic carbocycles. The lowest BCUT2D eigenvalue weighted by molar-refractivity contribution is 0.203. The van der Waals surface area contributed by atoms with E-state index in [-0.39, 0.29) is 6.03 Å². The number of ether oxygens (including phenoxy) is 1. The molecule has 110 valence electrons. The smallest absolute Gasteiger partial charge is 0.322 e. The third-order valence-corrected chi connectivity index (χ3v) is 3.73. The Morgan fingerprint density at radius 3 is 3.05 bits per heavy atom. The molecule has 1 fully saturated rings. The lowest BCUT2D eigenvalue weighted by Crippen LogP contribution is -2.39.